The van der Waals surface area contributed by atoms with Crippen molar-refractivity contribution in [3.8, 4) is 45.3 Å². The minimum Gasteiger partial charge on any atom is -0.309 e. The summed E-state index contributed by atoms with van der Waals surface area (Å²) in [7, 11) is -2.85. The Morgan fingerprint density at radius 3 is 1.29 bits per heavy atom. The molecule has 4 nitrogen and oxygen atoms in total. The van der Waals surface area contributed by atoms with E-state index in [2.05, 4.69) is 276 Å². The third-order valence-electron chi connectivity index (χ3n) is 13.9. The topological polar surface area (TPSA) is 35.6 Å². The predicted molar refractivity (Wildman–Crippen MR) is 291 cm³/mol. The maximum Gasteiger partial charge on any atom is 0.179 e. The average molecular weight is 897 g/mol. The molecule has 0 radical (unpaired) electrons. The van der Waals surface area contributed by atoms with Crippen molar-refractivity contribution >= 4 is 72.4 Å². The summed E-state index contributed by atoms with van der Waals surface area (Å²) in [6.07, 6.45) is 0. The summed E-state index contributed by atoms with van der Waals surface area (Å²) in [6, 6.07) is 96.7. The first-order valence-electron chi connectivity index (χ1n) is 23.6. The molecule has 0 unspecified atom stereocenters. The summed E-state index contributed by atoms with van der Waals surface area (Å²) in [5, 5.41) is 10.0. The highest BCUT2D eigenvalue weighted by atomic mass is 28.3. The Hall–Kier alpha value is -8.90. The van der Waals surface area contributed by atoms with Crippen molar-refractivity contribution < 1.29 is 0 Å². The Labute approximate surface area is 401 Å². The Morgan fingerprint density at radius 2 is 0.710 bits per heavy atom. The zero-order valence-electron chi connectivity index (χ0n) is 37.7. The van der Waals surface area contributed by atoms with E-state index < -0.39 is 8.07 Å². The molecular weight excluding hydrogens is 853 g/mol. The number of hydrogen-bond acceptors (Lipinski definition) is 2. The van der Waals surface area contributed by atoms with Crippen LogP contribution in [0.5, 0.6) is 0 Å². The van der Waals surface area contributed by atoms with Crippen LogP contribution in [-0.2, 0) is 0 Å². The SMILES string of the molecule is c1ccc(-c2ccc(-c3cc(-n4c5ccccc5c5cc(-n6c7ccccc7c7ccccc76)ccc54)nc(-c4cccc([Si](c5ccccc5)(c5ccccc5)c5ccccc5)c4)n3)cc2)cc1. The molecule has 13 rings (SSSR count). The van der Waals surface area contributed by atoms with Gasteiger partial charge >= 0.3 is 0 Å². The van der Waals surface area contributed by atoms with Crippen molar-refractivity contribution in [1.29, 1.82) is 0 Å². The smallest absolute Gasteiger partial charge is 0.179 e. The second-order valence-corrected chi connectivity index (χ2v) is 21.5. The Bertz CT molecular complexity index is 3840. The zero-order chi connectivity index (χ0) is 45.7. The molecule has 0 spiro atoms. The van der Waals surface area contributed by atoms with Crippen molar-refractivity contribution in [2.75, 3.05) is 0 Å². The van der Waals surface area contributed by atoms with E-state index in [-0.39, 0.29) is 0 Å². The molecule has 0 atom stereocenters. The lowest BCUT2D eigenvalue weighted by Gasteiger charge is -2.34. The summed E-state index contributed by atoms with van der Waals surface area (Å²) in [6.45, 7) is 0. The van der Waals surface area contributed by atoms with Gasteiger partial charge in [-0.3, -0.25) is 4.57 Å². The van der Waals surface area contributed by atoms with Crippen LogP contribution in [0.25, 0.3) is 88.9 Å². The number of fused-ring (bicyclic) bond motifs is 6. The van der Waals surface area contributed by atoms with Gasteiger partial charge in [0, 0.05) is 44.4 Å². The van der Waals surface area contributed by atoms with Crippen LogP contribution in [0.2, 0.25) is 0 Å². The molecule has 0 amide bonds. The van der Waals surface area contributed by atoms with E-state index in [0.29, 0.717) is 5.82 Å². The zero-order valence-corrected chi connectivity index (χ0v) is 38.7. The van der Waals surface area contributed by atoms with Crippen LogP contribution in [0.4, 0.5) is 0 Å². The minimum atomic E-state index is -2.85. The fourth-order valence-corrected chi connectivity index (χ4v) is 15.6. The van der Waals surface area contributed by atoms with Crippen LogP contribution < -0.4 is 20.7 Å². The first-order chi connectivity index (χ1) is 34.2. The van der Waals surface area contributed by atoms with Gasteiger partial charge in [-0.1, -0.05) is 224 Å². The highest BCUT2D eigenvalue weighted by molar-refractivity contribution is 7.19. The van der Waals surface area contributed by atoms with Gasteiger partial charge in [-0.2, -0.15) is 0 Å². The molecule has 0 saturated heterocycles. The first kappa shape index (κ1) is 40.4. The number of nitrogens with zero attached hydrogens (tertiary/aromatic N) is 4. The van der Waals surface area contributed by atoms with Gasteiger partial charge in [-0.25, -0.2) is 9.97 Å². The van der Waals surface area contributed by atoms with E-state index >= 15 is 0 Å². The summed E-state index contributed by atoms with van der Waals surface area (Å²) in [5.74, 6) is 1.47. The lowest BCUT2D eigenvalue weighted by atomic mass is 10.0. The molecule has 69 heavy (non-hydrogen) atoms. The standard InChI is InChI=1S/C64H44N4Si/c1-5-20-45(21-6-1)46-36-38-47(39-37-46)58-44-63(68-61-35-18-15-32-56(61)57-43-49(40-41-62(57)68)67-59-33-16-13-30-54(59)55-31-14-17-34-60(55)67)66-64(65-58)48-22-19-29-53(42-48)69(50-23-7-2-8-24-50,51-25-9-3-10-26-51)52-27-11-4-12-28-52/h1-44H. The first-order valence-corrected chi connectivity index (χ1v) is 25.6. The number of hydrogen-bond donors (Lipinski definition) is 0. The van der Waals surface area contributed by atoms with Crippen molar-refractivity contribution in [3.05, 3.63) is 267 Å². The van der Waals surface area contributed by atoms with Crippen LogP contribution in [0, 0.1) is 0 Å². The Morgan fingerprint density at radius 1 is 0.275 bits per heavy atom. The molecule has 3 heterocycles. The Balaban J connectivity index is 1.04. The molecule has 0 N–H and O–H groups in total. The Kier molecular flexibility index (Phi) is 9.81. The van der Waals surface area contributed by atoms with E-state index in [1.165, 1.54) is 48.1 Å². The van der Waals surface area contributed by atoms with Gasteiger partial charge in [0.25, 0.3) is 0 Å². The monoisotopic (exact) mass is 896 g/mol. The number of rotatable bonds is 9. The average Bonchev–Trinajstić information content (AvgIpc) is 3.95. The molecular formula is C64H44N4Si. The third kappa shape index (κ3) is 6.74. The highest BCUT2D eigenvalue weighted by Gasteiger charge is 2.41. The quantitative estimate of drug-likeness (QED) is 0.107. The third-order valence-corrected chi connectivity index (χ3v) is 18.7. The largest absolute Gasteiger partial charge is 0.309 e. The summed E-state index contributed by atoms with van der Waals surface area (Å²) < 4.78 is 4.72. The molecule has 13 aromatic rings. The maximum atomic E-state index is 5.59. The number of para-hydroxylation sites is 3. The summed E-state index contributed by atoms with van der Waals surface area (Å²) in [4.78, 5) is 11.1. The normalized spacial score (nSPS) is 11.8. The fraction of sp³-hybridized carbons (Fsp3) is 0. The molecule has 3 aromatic heterocycles. The van der Waals surface area contributed by atoms with Crippen LogP contribution in [0.3, 0.4) is 0 Å². The van der Waals surface area contributed by atoms with Gasteiger partial charge in [0.05, 0.1) is 27.8 Å². The van der Waals surface area contributed by atoms with Gasteiger partial charge in [-0.15, -0.1) is 0 Å². The molecule has 0 saturated carbocycles. The van der Waals surface area contributed by atoms with Gasteiger partial charge in [0.15, 0.2) is 13.9 Å². The van der Waals surface area contributed by atoms with E-state index in [4.69, 9.17) is 9.97 Å². The minimum absolute atomic E-state index is 0.668. The molecule has 0 bridgehead atoms. The molecule has 0 fully saturated rings. The number of benzene rings is 10. The maximum absolute atomic E-state index is 5.59. The second kappa shape index (κ2) is 16.8. The molecule has 0 aliphatic heterocycles. The molecule has 0 aliphatic carbocycles. The van der Waals surface area contributed by atoms with Crippen LogP contribution in [-0.4, -0.2) is 27.2 Å². The van der Waals surface area contributed by atoms with Crippen molar-refractivity contribution in [1.82, 2.24) is 19.1 Å². The predicted octanol–water partition coefficient (Wildman–Crippen LogP) is 13.0. The molecule has 0 aliphatic rings. The fourth-order valence-electron chi connectivity index (χ4n) is 10.8. The van der Waals surface area contributed by atoms with Gasteiger partial charge in [0.1, 0.15) is 5.82 Å². The van der Waals surface area contributed by atoms with Crippen molar-refractivity contribution in [2.24, 2.45) is 0 Å². The van der Waals surface area contributed by atoms with Crippen LogP contribution in [0.15, 0.2) is 267 Å². The van der Waals surface area contributed by atoms with Gasteiger partial charge in [0.2, 0.25) is 0 Å². The van der Waals surface area contributed by atoms with E-state index in [1.807, 2.05) is 0 Å². The second-order valence-electron chi connectivity index (χ2n) is 17.7. The van der Waals surface area contributed by atoms with E-state index in [9.17, 15) is 0 Å². The van der Waals surface area contributed by atoms with E-state index in [1.54, 1.807) is 0 Å². The molecule has 5 heteroatoms. The van der Waals surface area contributed by atoms with Gasteiger partial charge in [-0.05, 0) is 68.3 Å². The highest BCUT2D eigenvalue weighted by Crippen LogP contribution is 2.38. The van der Waals surface area contributed by atoms with Crippen molar-refractivity contribution in [3.63, 3.8) is 0 Å². The van der Waals surface area contributed by atoms with Crippen molar-refractivity contribution in [2.45, 2.75) is 0 Å². The van der Waals surface area contributed by atoms with Crippen LogP contribution in [0.1, 0.15) is 0 Å². The lowest BCUT2D eigenvalue weighted by Crippen LogP contribution is -2.74. The summed E-state index contributed by atoms with van der Waals surface area (Å²) >= 11 is 0. The lowest BCUT2D eigenvalue weighted by molar-refractivity contribution is 1.05. The van der Waals surface area contributed by atoms with Crippen LogP contribution >= 0.6 is 0 Å². The van der Waals surface area contributed by atoms with Gasteiger partial charge < -0.3 is 4.57 Å². The molecule has 324 valence electrons. The molecule has 10 aromatic carbocycles. The van der Waals surface area contributed by atoms with E-state index in [0.717, 1.165) is 55.7 Å². The summed E-state index contributed by atoms with van der Waals surface area (Å²) in [5.41, 5.74) is 10.8. The number of aromatic nitrogens is 4.